The summed E-state index contributed by atoms with van der Waals surface area (Å²) in [6.45, 7) is 3.78. The summed E-state index contributed by atoms with van der Waals surface area (Å²) in [6.07, 6.45) is 5.05. The Balaban J connectivity index is 1.85. The minimum atomic E-state index is -0.0702. The number of rotatable bonds is 3. The van der Waals surface area contributed by atoms with Crippen LogP contribution in [0.3, 0.4) is 0 Å². The zero-order valence-electron chi connectivity index (χ0n) is 12.6. The van der Waals surface area contributed by atoms with Gasteiger partial charge in [0.05, 0.1) is 0 Å². The lowest BCUT2D eigenvalue weighted by atomic mass is 9.86. The number of nitrogens with one attached hydrogen (secondary N) is 3. The molecular weight excluding hydrogens is 282 g/mol. The van der Waals surface area contributed by atoms with Crippen LogP contribution in [0.25, 0.3) is 0 Å². The minimum Gasteiger partial charge on any atom is -0.359 e. The molecule has 3 N–H and O–H groups in total. The fourth-order valence-corrected chi connectivity index (χ4v) is 2.98. The fourth-order valence-electron chi connectivity index (χ4n) is 2.71. The van der Waals surface area contributed by atoms with E-state index in [4.69, 9.17) is 12.2 Å². The fraction of sp³-hybridized carbons (Fsp3) is 0.500. The third-order valence-electron chi connectivity index (χ3n) is 3.89. The molecule has 1 aliphatic carbocycles. The largest absolute Gasteiger partial charge is 0.359 e. The molecule has 1 amide bonds. The maximum atomic E-state index is 11.0. The summed E-state index contributed by atoms with van der Waals surface area (Å²) >= 11 is 5.38. The average molecular weight is 305 g/mol. The molecule has 0 bridgehead atoms. The Labute approximate surface area is 131 Å². The molecule has 21 heavy (non-hydrogen) atoms. The standard InChI is InChI=1S/C16H23N3OS/c1-11-5-3-4-6-15(11)19-16(21)18-14-9-7-13(8-10-14)17-12(2)20/h7-11,15H,3-6H2,1-2H3,(H,17,20)(H2,18,19,21)/t11-,15-/m0/s1. The summed E-state index contributed by atoms with van der Waals surface area (Å²) in [5, 5.41) is 10.0. The van der Waals surface area contributed by atoms with Crippen molar-refractivity contribution in [3.8, 4) is 0 Å². The van der Waals surface area contributed by atoms with E-state index < -0.39 is 0 Å². The van der Waals surface area contributed by atoms with E-state index in [0.29, 0.717) is 17.1 Å². The molecule has 0 spiro atoms. The van der Waals surface area contributed by atoms with E-state index in [-0.39, 0.29) is 5.91 Å². The van der Waals surface area contributed by atoms with E-state index in [1.54, 1.807) is 0 Å². The quantitative estimate of drug-likeness (QED) is 0.748. The van der Waals surface area contributed by atoms with Crippen molar-refractivity contribution in [2.24, 2.45) is 5.92 Å². The Morgan fingerprint density at radius 1 is 1.10 bits per heavy atom. The predicted octanol–water partition coefficient (Wildman–Crippen LogP) is 3.51. The van der Waals surface area contributed by atoms with Crippen molar-refractivity contribution in [1.82, 2.24) is 5.32 Å². The second kappa shape index (κ2) is 7.41. The molecule has 2 atom stereocenters. The van der Waals surface area contributed by atoms with Gasteiger partial charge in [-0.1, -0.05) is 19.8 Å². The monoisotopic (exact) mass is 305 g/mol. The minimum absolute atomic E-state index is 0.0702. The maximum absolute atomic E-state index is 11.0. The molecule has 4 nitrogen and oxygen atoms in total. The molecule has 1 saturated carbocycles. The Bertz CT molecular complexity index is 501. The number of carbonyl (C=O) groups is 1. The first kappa shape index (κ1) is 15.8. The lowest BCUT2D eigenvalue weighted by molar-refractivity contribution is -0.114. The van der Waals surface area contributed by atoms with Crippen molar-refractivity contribution in [2.45, 2.75) is 45.6 Å². The number of hydrogen-bond donors (Lipinski definition) is 3. The van der Waals surface area contributed by atoms with Crippen LogP contribution in [0.2, 0.25) is 0 Å². The van der Waals surface area contributed by atoms with Crippen molar-refractivity contribution in [3.05, 3.63) is 24.3 Å². The van der Waals surface area contributed by atoms with Crippen LogP contribution in [-0.4, -0.2) is 17.1 Å². The zero-order valence-corrected chi connectivity index (χ0v) is 13.4. The molecule has 0 aliphatic heterocycles. The highest BCUT2D eigenvalue weighted by Gasteiger charge is 2.21. The van der Waals surface area contributed by atoms with Gasteiger partial charge < -0.3 is 16.0 Å². The van der Waals surface area contributed by atoms with Gasteiger partial charge in [0.15, 0.2) is 5.11 Å². The van der Waals surface area contributed by atoms with E-state index >= 15 is 0 Å². The van der Waals surface area contributed by atoms with Crippen molar-refractivity contribution >= 4 is 34.6 Å². The lowest BCUT2D eigenvalue weighted by Gasteiger charge is -2.30. The molecule has 5 heteroatoms. The van der Waals surface area contributed by atoms with Crippen LogP contribution >= 0.6 is 12.2 Å². The molecule has 1 aromatic carbocycles. The van der Waals surface area contributed by atoms with Crippen molar-refractivity contribution in [1.29, 1.82) is 0 Å². The highest BCUT2D eigenvalue weighted by atomic mass is 32.1. The number of carbonyl (C=O) groups excluding carboxylic acids is 1. The lowest BCUT2D eigenvalue weighted by Crippen LogP contribution is -2.43. The van der Waals surface area contributed by atoms with E-state index in [1.165, 1.54) is 32.6 Å². The molecule has 1 fully saturated rings. The van der Waals surface area contributed by atoms with E-state index in [1.807, 2.05) is 24.3 Å². The van der Waals surface area contributed by atoms with Crippen LogP contribution < -0.4 is 16.0 Å². The van der Waals surface area contributed by atoms with Gasteiger partial charge in [-0.25, -0.2) is 0 Å². The second-order valence-corrected chi connectivity index (χ2v) is 6.13. The van der Waals surface area contributed by atoms with Gasteiger partial charge in [-0.2, -0.15) is 0 Å². The molecular formula is C16H23N3OS. The van der Waals surface area contributed by atoms with Crippen LogP contribution in [0, 0.1) is 5.92 Å². The van der Waals surface area contributed by atoms with Gasteiger partial charge in [-0.05, 0) is 55.2 Å². The van der Waals surface area contributed by atoms with E-state index in [0.717, 1.165) is 11.4 Å². The molecule has 0 unspecified atom stereocenters. The zero-order chi connectivity index (χ0) is 15.2. The molecule has 0 saturated heterocycles. The highest BCUT2D eigenvalue weighted by Crippen LogP contribution is 2.23. The molecule has 2 rings (SSSR count). The number of anilines is 2. The molecule has 1 aliphatic rings. The van der Waals surface area contributed by atoms with Crippen LogP contribution in [0.15, 0.2) is 24.3 Å². The van der Waals surface area contributed by atoms with Gasteiger partial charge in [-0.3, -0.25) is 4.79 Å². The van der Waals surface area contributed by atoms with Gasteiger partial charge in [-0.15, -0.1) is 0 Å². The Kier molecular flexibility index (Phi) is 5.56. The maximum Gasteiger partial charge on any atom is 0.221 e. The van der Waals surface area contributed by atoms with Gasteiger partial charge >= 0.3 is 0 Å². The van der Waals surface area contributed by atoms with Gasteiger partial charge in [0.1, 0.15) is 0 Å². The summed E-state index contributed by atoms with van der Waals surface area (Å²) in [5.41, 5.74) is 1.71. The molecule has 1 aromatic rings. The average Bonchev–Trinajstić information content (AvgIpc) is 2.43. The van der Waals surface area contributed by atoms with Gasteiger partial charge in [0.25, 0.3) is 0 Å². The summed E-state index contributed by atoms with van der Waals surface area (Å²) in [4.78, 5) is 11.0. The van der Waals surface area contributed by atoms with E-state index in [9.17, 15) is 4.79 Å². The normalized spacial score (nSPS) is 21.4. The molecule has 114 valence electrons. The van der Waals surface area contributed by atoms with Crippen LogP contribution in [-0.2, 0) is 4.79 Å². The first-order valence-electron chi connectivity index (χ1n) is 7.50. The summed E-state index contributed by atoms with van der Waals surface area (Å²) in [6, 6.07) is 8.00. The summed E-state index contributed by atoms with van der Waals surface area (Å²) in [7, 11) is 0. The first-order valence-corrected chi connectivity index (χ1v) is 7.90. The van der Waals surface area contributed by atoms with E-state index in [2.05, 4.69) is 22.9 Å². The van der Waals surface area contributed by atoms with Crippen molar-refractivity contribution < 1.29 is 4.79 Å². The smallest absolute Gasteiger partial charge is 0.221 e. The SMILES string of the molecule is CC(=O)Nc1ccc(NC(=S)N[C@H]2CCCC[C@@H]2C)cc1. The van der Waals surface area contributed by atoms with Crippen molar-refractivity contribution in [3.63, 3.8) is 0 Å². The van der Waals surface area contributed by atoms with Crippen LogP contribution in [0.4, 0.5) is 11.4 Å². The molecule has 0 radical (unpaired) electrons. The summed E-state index contributed by atoms with van der Waals surface area (Å²) in [5.74, 6) is 0.597. The van der Waals surface area contributed by atoms with Gasteiger partial charge in [0, 0.05) is 24.3 Å². The number of hydrogen-bond acceptors (Lipinski definition) is 2. The van der Waals surface area contributed by atoms with Crippen LogP contribution in [0.5, 0.6) is 0 Å². The molecule has 0 aromatic heterocycles. The Hall–Kier alpha value is -1.62. The van der Waals surface area contributed by atoms with Gasteiger partial charge in [0.2, 0.25) is 5.91 Å². The third kappa shape index (κ3) is 5.01. The highest BCUT2D eigenvalue weighted by molar-refractivity contribution is 7.80. The first-order chi connectivity index (χ1) is 10.0. The topological polar surface area (TPSA) is 53.2 Å². The predicted molar refractivity (Wildman–Crippen MR) is 91.5 cm³/mol. The van der Waals surface area contributed by atoms with Crippen molar-refractivity contribution in [2.75, 3.05) is 10.6 Å². The second-order valence-electron chi connectivity index (χ2n) is 5.73. The number of thiocarbonyl (C=S) groups is 1. The summed E-state index contributed by atoms with van der Waals surface area (Å²) < 4.78 is 0. The number of amides is 1. The third-order valence-corrected chi connectivity index (χ3v) is 4.11. The number of benzene rings is 1. The molecule has 0 heterocycles. The van der Waals surface area contributed by atoms with Crippen LogP contribution in [0.1, 0.15) is 39.5 Å². The Morgan fingerprint density at radius 3 is 2.24 bits per heavy atom. The Morgan fingerprint density at radius 2 is 1.67 bits per heavy atom.